The number of nitrogens with two attached hydrogens (primary N) is 1. The molecule has 0 aromatic heterocycles. The van der Waals surface area contributed by atoms with Crippen LogP contribution >= 0.6 is 15.9 Å². The highest BCUT2D eigenvalue weighted by molar-refractivity contribution is 9.10. The highest BCUT2D eigenvalue weighted by Crippen LogP contribution is 2.36. The third kappa shape index (κ3) is 4.09. The fraction of sp³-hybridized carbons (Fsp3) is 0.100. The number of halogens is 1. The molecular weight excluding hydrogens is 366 g/mol. The van der Waals surface area contributed by atoms with E-state index < -0.39 is 0 Å². The molecule has 4 heteroatoms. The molecule has 0 heterocycles. The molecule has 3 aromatic rings. The van der Waals surface area contributed by atoms with Gasteiger partial charge in [0.15, 0.2) is 5.75 Å². The Bertz CT molecular complexity index is 768. The summed E-state index contributed by atoms with van der Waals surface area (Å²) in [5.74, 6) is 1.47. The van der Waals surface area contributed by atoms with Gasteiger partial charge in [0.05, 0.1) is 10.2 Å². The van der Waals surface area contributed by atoms with Gasteiger partial charge in [0, 0.05) is 0 Å². The minimum Gasteiger partial charge on any atom is -0.490 e. The second-order valence-electron chi connectivity index (χ2n) is 5.25. The highest BCUT2D eigenvalue weighted by Gasteiger charge is 2.10. The van der Waals surface area contributed by atoms with Crippen LogP contribution in [0.25, 0.3) is 11.1 Å². The molecular formula is C20H18BrNO2. The van der Waals surface area contributed by atoms with Crippen LogP contribution in [0.4, 0.5) is 5.69 Å². The maximum atomic E-state index is 6.16. The van der Waals surface area contributed by atoms with Crippen molar-refractivity contribution < 1.29 is 9.47 Å². The van der Waals surface area contributed by atoms with E-state index in [2.05, 4.69) is 28.1 Å². The number of para-hydroxylation sites is 1. The van der Waals surface area contributed by atoms with Crippen LogP contribution in [0.5, 0.6) is 11.5 Å². The smallest absolute Gasteiger partial charge is 0.156 e. The predicted molar refractivity (Wildman–Crippen MR) is 101 cm³/mol. The summed E-state index contributed by atoms with van der Waals surface area (Å²) >= 11 is 3.55. The van der Waals surface area contributed by atoms with Crippen molar-refractivity contribution >= 4 is 21.6 Å². The van der Waals surface area contributed by atoms with Crippen LogP contribution in [-0.2, 0) is 0 Å². The number of hydrogen-bond acceptors (Lipinski definition) is 3. The van der Waals surface area contributed by atoms with Gasteiger partial charge in [-0.25, -0.2) is 0 Å². The standard InChI is InChI=1S/C20H18BrNO2/c21-18-13-16(15-7-3-1-4-8-15)14-19(22)20(18)24-12-11-23-17-9-5-2-6-10-17/h1-10,13-14H,11-12,22H2. The normalized spacial score (nSPS) is 10.4. The van der Waals surface area contributed by atoms with Crippen molar-refractivity contribution in [3.05, 3.63) is 77.3 Å². The molecule has 122 valence electrons. The molecule has 2 N–H and O–H groups in total. The van der Waals surface area contributed by atoms with E-state index in [9.17, 15) is 0 Å². The van der Waals surface area contributed by atoms with E-state index in [0.717, 1.165) is 21.3 Å². The number of hydrogen-bond donors (Lipinski definition) is 1. The highest BCUT2D eigenvalue weighted by atomic mass is 79.9. The molecule has 0 spiro atoms. The maximum Gasteiger partial charge on any atom is 0.156 e. The van der Waals surface area contributed by atoms with Gasteiger partial charge in [-0.15, -0.1) is 0 Å². The van der Waals surface area contributed by atoms with Crippen LogP contribution in [0.2, 0.25) is 0 Å². The number of rotatable bonds is 6. The van der Waals surface area contributed by atoms with Crippen LogP contribution < -0.4 is 15.2 Å². The summed E-state index contributed by atoms with van der Waals surface area (Å²) in [6, 6.07) is 23.7. The first kappa shape index (κ1) is 16.4. The lowest BCUT2D eigenvalue weighted by Gasteiger charge is -2.13. The summed E-state index contributed by atoms with van der Waals surface area (Å²) in [6.45, 7) is 0.874. The van der Waals surface area contributed by atoms with Gasteiger partial charge < -0.3 is 15.2 Å². The van der Waals surface area contributed by atoms with Crippen molar-refractivity contribution in [2.75, 3.05) is 18.9 Å². The zero-order chi connectivity index (χ0) is 16.8. The van der Waals surface area contributed by atoms with E-state index in [1.807, 2.05) is 60.7 Å². The fourth-order valence-electron chi connectivity index (χ4n) is 2.38. The summed E-state index contributed by atoms with van der Waals surface area (Å²) in [5, 5.41) is 0. The van der Waals surface area contributed by atoms with Gasteiger partial charge in [-0.3, -0.25) is 0 Å². The van der Waals surface area contributed by atoms with Crippen molar-refractivity contribution in [2.45, 2.75) is 0 Å². The van der Waals surface area contributed by atoms with Gasteiger partial charge in [-0.2, -0.15) is 0 Å². The summed E-state index contributed by atoms with van der Waals surface area (Å²) in [4.78, 5) is 0. The van der Waals surface area contributed by atoms with Crippen molar-refractivity contribution in [3.63, 3.8) is 0 Å². The van der Waals surface area contributed by atoms with Crippen molar-refractivity contribution in [2.24, 2.45) is 0 Å². The molecule has 0 fully saturated rings. The first-order valence-electron chi connectivity index (χ1n) is 7.69. The minimum absolute atomic E-state index is 0.419. The zero-order valence-electron chi connectivity index (χ0n) is 13.1. The first-order valence-corrected chi connectivity index (χ1v) is 8.48. The van der Waals surface area contributed by atoms with Gasteiger partial charge in [-0.05, 0) is 51.3 Å². The molecule has 0 radical (unpaired) electrons. The molecule has 0 amide bonds. The molecule has 0 atom stereocenters. The summed E-state index contributed by atoms with van der Waals surface area (Å²) < 4.78 is 12.2. The Hall–Kier alpha value is -2.46. The Kier molecular flexibility index (Phi) is 5.39. The van der Waals surface area contributed by atoms with Crippen LogP contribution in [0.1, 0.15) is 0 Å². The lowest BCUT2D eigenvalue weighted by molar-refractivity contribution is 0.217. The van der Waals surface area contributed by atoms with Gasteiger partial charge in [0.25, 0.3) is 0 Å². The Morgan fingerprint density at radius 1 is 0.750 bits per heavy atom. The molecule has 24 heavy (non-hydrogen) atoms. The van der Waals surface area contributed by atoms with Gasteiger partial charge in [0.1, 0.15) is 19.0 Å². The van der Waals surface area contributed by atoms with Crippen LogP contribution in [-0.4, -0.2) is 13.2 Å². The molecule has 0 aliphatic heterocycles. The molecule has 0 aliphatic carbocycles. The van der Waals surface area contributed by atoms with E-state index in [-0.39, 0.29) is 0 Å². The maximum absolute atomic E-state index is 6.16. The Balaban J connectivity index is 1.64. The molecule has 0 unspecified atom stereocenters. The molecule has 0 saturated heterocycles. The van der Waals surface area contributed by atoms with Crippen molar-refractivity contribution in [3.8, 4) is 22.6 Å². The quantitative estimate of drug-likeness (QED) is 0.472. The molecule has 3 nitrogen and oxygen atoms in total. The van der Waals surface area contributed by atoms with E-state index >= 15 is 0 Å². The number of benzene rings is 3. The van der Waals surface area contributed by atoms with Crippen LogP contribution in [0.15, 0.2) is 77.3 Å². The number of nitrogen functional groups attached to an aromatic ring is 1. The monoisotopic (exact) mass is 383 g/mol. The van der Waals surface area contributed by atoms with E-state index in [0.29, 0.717) is 24.7 Å². The number of anilines is 1. The SMILES string of the molecule is Nc1cc(-c2ccccc2)cc(Br)c1OCCOc1ccccc1. The van der Waals surface area contributed by atoms with Gasteiger partial charge in [0.2, 0.25) is 0 Å². The lowest BCUT2D eigenvalue weighted by Crippen LogP contribution is -2.10. The Labute approximate surface area is 150 Å². The first-order chi connectivity index (χ1) is 11.7. The average Bonchev–Trinajstić information content (AvgIpc) is 2.62. The molecule has 0 aliphatic rings. The second-order valence-corrected chi connectivity index (χ2v) is 6.11. The summed E-state index contributed by atoms with van der Waals surface area (Å²) in [6.07, 6.45) is 0. The molecule has 3 rings (SSSR count). The van der Waals surface area contributed by atoms with Crippen LogP contribution in [0, 0.1) is 0 Å². The topological polar surface area (TPSA) is 44.5 Å². The second kappa shape index (κ2) is 7.88. The Morgan fingerprint density at radius 3 is 2.04 bits per heavy atom. The largest absolute Gasteiger partial charge is 0.490 e. The Morgan fingerprint density at radius 2 is 1.38 bits per heavy atom. The summed E-state index contributed by atoms with van der Waals surface area (Å²) in [7, 11) is 0. The number of ether oxygens (including phenoxy) is 2. The minimum atomic E-state index is 0.419. The van der Waals surface area contributed by atoms with Crippen molar-refractivity contribution in [1.82, 2.24) is 0 Å². The molecule has 3 aromatic carbocycles. The van der Waals surface area contributed by atoms with Gasteiger partial charge in [-0.1, -0.05) is 48.5 Å². The van der Waals surface area contributed by atoms with E-state index in [1.54, 1.807) is 0 Å². The zero-order valence-corrected chi connectivity index (χ0v) is 14.7. The van der Waals surface area contributed by atoms with E-state index in [4.69, 9.17) is 15.2 Å². The molecule has 0 saturated carbocycles. The predicted octanol–water partition coefficient (Wildman–Crippen LogP) is 5.16. The van der Waals surface area contributed by atoms with Crippen LogP contribution in [0.3, 0.4) is 0 Å². The fourth-order valence-corrected chi connectivity index (χ4v) is 2.97. The van der Waals surface area contributed by atoms with Crippen molar-refractivity contribution in [1.29, 1.82) is 0 Å². The lowest BCUT2D eigenvalue weighted by atomic mass is 10.1. The van der Waals surface area contributed by atoms with Gasteiger partial charge >= 0.3 is 0 Å². The molecule has 0 bridgehead atoms. The third-order valence-electron chi connectivity index (χ3n) is 3.52. The average molecular weight is 384 g/mol. The summed E-state index contributed by atoms with van der Waals surface area (Å²) in [5.41, 5.74) is 8.92. The van der Waals surface area contributed by atoms with E-state index in [1.165, 1.54) is 0 Å². The third-order valence-corrected chi connectivity index (χ3v) is 4.11.